The van der Waals surface area contributed by atoms with E-state index in [1.54, 1.807) is 18.3 Å². The Bertz CT molecular complexity index is 783. The van der Waals surface area contributed by atoms with Crippen LogP contribution in [0.25, 0.3) is 0 Å². The van der Waals surface area contributed by atoms with Crippen molar-refractivity contribution in [2.24, 2.45) is 10.2 Å². The molecule has 0 aliphatic carbocycles. The van der Waals surface area contributed by atoms with Gasteiger partial charge < -0.3 is 4.98 Å². The molecule has 9 nitrogen and oxygen atoms in total. The zero-order chi connectivity index (χ0) is 15.5. The fourth-order valence-electron chi connectivity index (χ4n) is 1.53. The zero-order valence-electron chi connectivity index (χ0n) is 10.6. The van der Waals surface area contributed by atoms with Crippen molar-refractivity contribution in [3.63, 3.8) is 0 Å². The van der Waals surface area contributed by atoms with Gasteiger partial charge in [-0.25, -0.2) is 13.6 Å². The molecule has 0 aliphatic rings. The van der Waals surface area contributed by atoms with E-state index in [-0.39, 0.29) is 10.6 Å². The Morgan fingerprint density at radius 3 is 2.71 bits per heavy atom. The number of aromatic amines is 1. The fraction of sp³-hybridized carbons (Fsp3) is 0. The minimum Gasteiger partial charge on any atom is -0.360 e. The van der Waals surface area contributed by atoms with E-state index in [0.29, 0.717) is 5.69 Å². The van der Waals surface area contributed by atoms with Crippen molar-refractivity contribution in [3.05, 3.63) is 52.3 Å². The smallest absolute Gasteiger partial charge is 0.295 e. The van der Waals surface area contributed by atoms with E-state index >= 15 is 0 Å². The topological polar surface area (TPSA) is 143 Å². The van der Waals surface area contributed by atoms with E-state index in [1.165, 1.54) is 12.3 Å². The standard InChI is InChI=1S/C11H11N5O4S/c12-21(19,20)9-3-4-10(11(6-9)16(17)18)15-14-7-8-2-1-5-13-8/h1-7,13,15H,(H2,12,19,20)/b14-7+. The highest BCUT2D eigenvalue weighted by Gasteiger charge is 2.18. The summed E-state index contributed by atoms with van der Waals surface area (Å²) in [5.74, 6) is 0. The van der Waals surface area contributed by atoms with Gasteiger partial charge in [0.1, 0.15) is 5.69 Å². The molecule has 1 aromatic carbocycles. The van der Waals surface area contributed by atoms with Crippen molar-refractivity contribution in [1.29, 1.82) is 0 Å². The zero-order valence-corrected chi connectivity index (χ0v) is 11.4. The quantitative estimate of drug-likeness (QED) is 0.429. The molecule has 10 heteroatoms. The van der Waals surface area contributed by atoms with E-state index in [9.17, 15) is 18.5 Å². The van der Waals surface area contributed by atoms with Crippen molar-refractivity contribution < 1.29 is 13.3 Å². The Balaban J connectivity index is 2.29. The number of aromatic nitrogens is 1. The molecule has 0 spiro atoms. The van der Waals surface area contributed by atoms with Gasteiger partial charge in [0.2, 0.25) is 10.0 Å². The van der Waals surface area contributed by atoms with Gasteiger partial charge in [0.05, 0.1) is 21.7 Å². The number of nitrogens with zero attached hydrogens (tertiary/aromatic N) is 2. The molecular weight excluding hydrogens is 298 g/mol. The van der Waals surface area contributed by atoms with Crippen molar-refractivity contribution >= 4 is 27.6 Å². The summed E-state index contributed by atoms with van der Waals surface area (Å²) in [5.41, 5.74) is 2.80. The molecule has 0 bridgehead atoms. The van der Waals surface area contributed by atoms with Crippen molar-refractivity contribution in [2.45, 2.75) is 4.90 Å². The van der Waals surface area contributed by atoms with Crippen LogP contribution in [0.4, 0.5) is 11.4 Å². The second-order valence-electron chi connectivity index (χ2n) is 3.98. The highest BCUT2D eigenvalue weighted by atomic mass is 32.2. The van der Waals surface area contributed by atoms with E-state index in [2.05, 4.69) is 15.5 Å². The van der Waals surface area contributed by atoms with E-state index in [1.807, 2.05) is 0 Å². The number of benzene rings is 1. The molecule has 0 unspecified atom stereocenters. The highest BCUT2D eigenvalue weighted by molar-refractivity contribution is 7.89. The van der Waals surface area contributed by atoms with Crippen LogP contribution in [0.5, 0.6) is 0 Å². The summed E-state index contributed by atoms with van der Waals surface area (Å²) in [6, 6.07) is 6.79. The van der Waals surface area contributed by atoms with Gasteiger partial charge >= 0.3 is 0 Å². The third-order valence-electron chi connectivity index (χ3n) is 2.51. The molecule has 110 valence electrons. The van der Waals surface area contributed by atoms with Crippen LogP contribution in [0.3, 0.4) is 0 Å². The maximum absolute atomic E-state index is 11.2. The largest absolute Gasteiger partial charge is 0.360 e. The first-order valence-corrected chi connectivity index (χ1v) is 7.16. The summed E-state index contributed by atoms with van der Waals surface area (Å²) in [6.07, 6.45) is 3.13. The fourth-order valence-corrected chi connectivity index (χ4v) is 2.06. The molecule has 0 saturated carbocycles. The molecule has 2 rings (SSSR count). The van der Waals surface area contributed by atoms with Gasteiger partial charge in [0.15, 0.2) is 0 Å². The second kappa shape index (κ2) is 5.73. The lowest BCUT2D eigenvalue weighted by atomic mass is 10.3. The van der Waals surface area contributed by atoms with Crippen LogP contribution >= 0.6 is 0 Å². The molecule has 0 atom stereocenters. The van der Waals surface area contributed by atoms with Crippen LogP contribution in [0, 0.1) is 10.1 Å². The normalized spacial score (nSPS) is 11.7. The molecule has 0 aliphatic heterocycles. The Morgan fingerprint density at radius 1 is 1.38 bits per heavy atom. The number of primary sulfonamides is 1. The van der Waals surface area contributed by atoms with Crippen molar-refractivity contribution in [1.82, 2.24) is 4.98 Å². The summed E-state index contributed by atoms with van der Waals surface area (Å²) in [6.45, 7) is 0. The molecular formula is C11H11N5O4S. The predicted octanol–water partition coefficient (Wildman–Crippen LogP) is 1.02. The first kappa shape index (κ1) is 14.7. The number of rotatable bonds is 5. The van der Waals surface area contributed by atoms with Crippen LogP contribution in [0.15, 0.2) is 46.5 Å². The first-order chi connectivity index (χ1) is 9.88. The van der Waals surface area contributed by atoms with Crippen LogP contribution in [0.2, 0.25) is 0 Å². The lowest BCUT2D eigenvalue weighted by Crippen LogP contribution is -2.12. The van der Waals surface area contributed by atoms with Gasteiger partial charge in [-0.15, -0.1) is 0 Å². The third-order valence-corrected chi connectivity index (χ3v) is 3.42. The summed E-state index contributed by atoms with van der Waals surface area (Å²) >= 11 is 0. The van der Waals surface area contributed by atoms with Crippen LogP contribution in [-0.2, 0) is 10.0 Å². The van der Waals surface area contributed by atoms with Crippen LogP contribution in [-0.4, -0.2) is 24.5 Å². The van der Waals surface area contributed by atoms with Crippen molar-refractivity contribution in [3.8, 4) is 0 Å². The lowest BCUT2D eigenvalue weighted by molar-refractivity contribution is -0.384. The molecule has 1 heterocycles. The number of hydrazone groups is 1. The number of hydrogen-bond donors (Lipinski definition) is 3. The number of anilines is 1. The van der Waals surface area contributed by atoms with Gasteiger partial charge in [0.25, 0.3) is 5.69 Å². The Labute approximate surface area is 119 Å². The van der Waals surface area contributed by atoms with Crippen molar-refractivity contribution in [2.75, 3.05) is 5.43 Å². The first-order valence-electron chi connectivity index (χ1n) is 5.61. The summed E-state index contributed by atoms with van der Waals surface area (Å²) in [7, 11) is -4.01. The van der Waals surface area contributed by atoms with Gasteiger partial charge in [-0.1, -0.05) is 0 Å². The SMILES string of the molecule is NS(=O)(=O)c1ccc(N/N=C/c2ccc[nH]2)c([N+](=O)[O-])c1. The minimum atomic E-state index is -4.01. The summed E-state index contributed by atoms with van der Waals surface area (Å²) in [5, 5.41) is 19.7. The number of nitrogens with one attached hydrogen (secondary N) is 2. The van der Waals surface area contributed by atoms with E-state index < -0.39 is 20.6 Å². The molecule has 0 fully saturated rings. The molecule has 21 heavy (non-hydrogen) atoms. The molecule has 2 aromatic rings. The molecule has 4 N–H and O–H groups in total. The highest BCUT2D eigenvalue weighted by Crippen LogP contribution is 2.27. The number of sulfonamides is 1. The monoisotopic (exact) mass is 309 g/mol. The second-order valence-corrected chi connectivity index (χ2v) is 5.54. The average Bonchev–Trinajstić information content (AvgIpc) is 2.90. The Morgan fingerprint density at radius 2 is 2.14 bits per heavy atom. The maximum Gasteiger partial charge on any atom is 0.295 e. The Kier molecular flexibility index (Phi) is 4.00. The van der Waals surface area contributed by atoms with Gasteiger partial charge in [-0.2, -0.15) is 5.10 Å². The molecule has 0 saturated heterocycles. The van der Waals surface area contributed by atoms with E-state index in [4.69, 9.17) is 5.14 Å². The number of nitro groups is 1. The number of H-pyrrole nitrogens is 1. The predicted molar refractivity (Wildman–Crippen MR) is 76.5 cm³/mol. The minimum absolute atomic E-state index is 0.0511. The third kappa shape index (κ3) is 3.64. The van der Waals surface area contributed by atoms with Gasteiger partial charge in [-0.05, 0) is 24.3 Å². The summed E-state index contributed by atoms with van der Waals surface area (Å²) < 4.78 is 22.4. The lowest BCUT2D eigenvalue weighted by Gasteiger charge is -2.04. The number of nitrogens with two attached hydrogens (primary N) is 1. The maximum atomic E-state index is 11.2. The molecule has 0 radical (unpaired) electrons. The molecule has 1 aromatic heterocycles. The van der Waals surface area contributed by atoms with E-state index in [0.717, 1.165) is 12.1 Å². The number of nitro benzene ring substituents is 1. The van der Waals surface area contributed by atoms with Gasteiger partial charge in [0, 0.05) is 12.3 Å². The molecule has 0 amide bonds. The van der Waals surface area contributed by atoms with Crippen LogP contribution < -0.4 is 10.6 Å². The van der Waals surface area contributed by atoms with Gasteiger partial charge in [-0.3, -0.25) is 15.5 Å². The average molecular weight is 309 g/mol. The number of hydrogen-bond acceptors (Lipinski definition) is 6. The van der Waals surface area contributed by atoms with Crippen LogP contribution in [0.1, 0.15) is 5.69 Å². The summed E-state index contributed by atoms with van der Waals surface area (Å²) in [4.78, 5) is 12.8. The Hall–Kier alpha value is -2.72.